The number of nitrogens with one attached hydrogen (secondary N) is 1. The summed E-state index contributed by atoms with van der Waals surface area (Å²) in [5.41, 5.74) is 0.335. The van der Waals surface area contributed by atoms with E-state index in [1.807, 2.05) is 42.5 Å². The lowest BCUT2D eigenvalue weighted by Crippen LogP contribution is -2.20. The number of rotatable bonds is 5. The number of ether oxygens (including phenoxy) is 2. The molecule has 0 unspecified atom stereocenters. The maximum Gasteiger partial charge on any atom is 0.340 e. The lowest BCUT2D eigenvalue weighted by atomic mass is 10.1. The van der Waals surface area contributed by atoms with Crippen molar-refractivity contribution in [3.63, 3.8) is 0 Å². The zero-order valence-corrected chi connectivity index (χ0v) is 13.8. The molecular formula is C18H15NO4S. The zero-order valence-electron chi connectivity index (χ0n) is 12.9. The fourth-order valence-corrected chi connectivity index (χ4v) is 3.04. The van der Waals surface area contributed by atoms with Crippen LogP contribution < -0.4 is 10.1 Å². The van der Waals surface area contributed by atoms with Gasteiger partial charge >= 0.3 is 5.97 Å². The molecule has 6 heteroatoms. The summed E-state index contributed by atoms with van der Waals surface area (Å²) in [7, 11) is 1.30. The Hall–Kier alpha value is -2.86. The summed E-state index contributed by atoms with van der Waals surface area (Å²) in [5, 5.41) is 6.98. The van der Waals surface area contributed by atoms with Crippen LogP contribution in [0.15, 0.2) is 53.9 Å². The molecule has 0 saturated heterocycles. The first-order chi connectivity index (χ1) is 11.7. The van der Waals surface area contributed by atoms with Gasteiger partial charge in [0.15, 0.2) is 6.61 Å². The van der Waals surface area contributed by atoms with E-state index in [4.69, 9.17) is 4.74 Å². The van der Waals surface area contributed by atoms with Crippen LogP contribution in [0.1, 0.15) is 10.4 Å². The van der Waals surface area contributed by atoms with E-state index in [2.05, 4.69) is 10.1 Å². The third kappa shape index (κ3) is 3.55. The van der Waals surface area contributed by atoms with Gasteiger partial charge in [0, 0.05) is 0 Å². The smallest absolute Gasteiger partial charge is 0.340 e. The molecule has 2 aromatic carbocycles. The number of esters is 1. The maximum absolute atomic E-state index is 12.0. The highest BCUT2D eigenvalue weighted by Gasteiger charge is 2.15. The van der Waals surface area contributed by atoms with Gasteiger partial charge in [-0.2, -0.15) is 0 Å². The molecule has 3 aromatic rings. The Balaban J connectivity index is 1.63. The number of anilines is 1. The molecule has 0 fully saturated rings. The van der Waals surface area contributed by atoms with Gasteiger partial charge in [-0.3, -0.25) is 4.79 Å². The largest absolute Gasteiger partial charge is 0.484 e. The first kappa shape index (κ1) is 16.0. The van der Waals surface area contributed by atoms with Crippen LogP contribution in [-0.4, -0.2) is 25.6 Å². The number of amides is 1. The highest BCUT2D eigenvalue weighted by atomic mass is 32.1. The molecule has 1 amide bonds. The molecule has 0 spiro atoms. The predicted octanol–water partition coefficient (Wildman–Crippen LogP) is 3.71. The van der Waals surface area contributed by atoms with Gasteiger partial charge in [-0.15, -0.1) is 11.3 Å². The van der Waals surface area contributed by atoms with E-state index in [0.29, 0.717) is 16.3 Å². The molecule has 0 atom stereocenters. The number of hydrogen-bond donors (Lipinski definition) is 1. The van der Waals surface area contributed by atoms with E-state index >= 15 is 0 Å². The molecule has 1 N–H and O–H groups in total. The van der Waals surface area contributed by atoms with Crippen molar-refractivity contribution in [1.29, 1.82) is 0 Å². The van der Waals surface area contributed by atoms with E-state index < -0.39 is 5.97 Å². The molecule has 0 aliphatic heterocycles. The van der Waals surface area contributed by atoms with Gasteiger partial charge < -0.3 is 14.8 Å². The van der Waals surface area contributed by atoms with Gasteiger partial charge in [0.25, 0.3) is 5.91 Å². The standard InChI is InChI=1S/C18H15NO4S/c1-22-18(21)15-8-9-24-17(15)19-16(20)11-23-14-7-6-12-4-2-3-5-13(12)10-14/h2-10H,11H2,1H3,(H,19,20). The second-order valence-corrected chi connectivity index (χ2v) is 5.92. The lowest BCUT2D eigenvalue weighted by Gasteiger charge is -2.08. The zero-order chi connectivity index (χ0) is 16.9. The third-order valence-electron chi connectivity index (χ3n) is 3.41. The Morgan fingerprint density at radius 3 is 2.67 bits per heavy atom. The summed E-state index contributed by atoms with van der Waals surface area (Å²) in [5.74, 6) is -0.207. The van der Waals surface area contributed by atoms with E-state index in [9.17, 15) is 9.59 Å². The van der Waals surface area contributed by atoms with Gasteiger partial charge in [-0.25, -0.2) is 4.79 Å². The molecule has 0 saturated carbocycles. The molecule has 0 aliphatic carbocycles. The molecule has 1 heterocycles. The van der Waals surface area contributed by atoms with Crippen LogP contribution in [-0.2, 0) is 9.53 Å². The second-order valence-electron chi connectivity index (χ2n) is 5.00. The SMILES string of the molecule is COC(=O)c1ccsc1NC(=O)COc1ccc2ccccc2c1. The third-order valence-corrected chi connectivity index (χ3v) is 4.24. The van der Waals surface area contributed by atoms with Crippen molar-refractivity contribution in [3.05, 3.63) is 59.5 Å². The molecule has 122 valence electrons. The van der Waals surface area contributed by atoms with Crippen molar-refractivity contribution < 1.29 is 19.1 Å². The fourth-order valence-electron chi connectivity index (χ4n) is 2.25. The summed E-state index contributed by atoms with van der Waals surface area (Å²) >= 11 is 1.26. The Morgan fingerprint density at radius 2 is 1.88 bits per heavy atom. The number of carbonyl (C=O) groups excluding carboxylic acids is 2. The number of fused-ring (bicyclic) bond motifs is 1. The minimum absolute atomic E-state index is 0.142. The van der Waals surface area contributed by atoms with Crippen molar-refractivity contribution in [2.45, 2.75) is 0 Å². The van der Waals surface area contributed by atoms with Crippen LogP contribution in [0.25, 0.3) is 10.8 Å². The van der Waals surface area contributed by atoms with E-state index in [-0.39, 0.29) is 12.5 Å². The monoisotopic (exact) mass is 341 g/mol. The summed E-state index contributed by atoms with van der Waals surface area (Å²) in [6.45, 7) is -0.142. The molecule has 0 bridgehead atoms. The lowest BCUT2D eigenvalue weighted by molar-refractivity contribution is -0.118. The molecular weight excluding hydrogens is 326 g/mol. The van der Waals surface area contributed by atoms with Crippen LogP contribution in [0.4, 0.5) is 5.00 Å². The number of benzene rings is 2. The van der Waals surface area contributed by atoms with Gasteiger partial charge in [0.05, 0.1) is 12.7 Å². The van der Waals surface area contributed by atoms with Gasteiger partial charge in [0.2, 0.25) is 0 Å². The summed E-state index contributed by atoms with van der Waals surface area (Å²) in [6.07, 6.45) is 0. The van der Waals surface area contributed by atoms with Crippen molar-refractivity contribution in [1.82, 2.24) is 0 Å². The van der Waals surface area contributed by atoms with Gasteiger partial charge in [-0.05, 0) is 34.4 Å². The fraction of sp³-hybridized carbons (Fsp3) is 0.111. The van der Waals surface area contributed by atoms with Crippen molar-refractivity contribution in [2.75, 3.05) is 19.0 Å². The van der Waals surface area contributed by atoms with Crippen molar-refractivity contribution >= 4 is 39.0 Å². The first-order valence-corrected chi connectivity index (χ1v) is 8.12. The highest BCUT2D eigenvalue weighted by molar-refractivity contribution is 7.14. The normalized spacial score (nSPS) is 10.4. The topological polar surface area (TPSA) is 64.6 Å². The Kier molecular flexibility index (Phi) is 4.77. The van der Waals surface area contributed by atoms with Crippen molar-refractivity contribution in [2.24, 2.45) is 0 Å². The number of thiophene rings is 1. The molecule has 5 nitrogen and oxygen atoms in total. The minimum Gasteiger partial charge on any atom is -0.484 e. The van der Waals surface area contributed by atoms with Crippen LogP contribution in [0.2, 0.25) is 0 Å². The summed E-state index contributed by atoms with van der Waals surface area (Å²) in [6, 6.07) is 15.2. The van der Waals surface area contributed by atoms with Gasteiger partial charge in [-0.1, -0.05) is 30.3 Å². The van der Waals surface area contributed by atoms with Crippen LogP contribution in [0.3, 0.4) is 0 Å². The van der Waals surface area contributed by atoms with E-state index in [1.54, 1.807) is 11.4 Å². The Labute approximate surface area is 142 Å². The predicted molar refractivity (Wildman–Crippen MR) is 93.7 cm³/mol. The maximum atomic E-state index is 12.0. The molecule has 3 rings (SSSR count). The number of methoxy groups -OCH3 is 1. The van der Waals surface area contributed by atoms with Gasteiger partial charge in [0.1, 0.15) is 10.8 Å². The Bertz CT molecular complexity index is 887. The number of hydrogen-bond acceptors (Lipinski definition) is 5. The van der Waals surface area contributed by atoms with E-state index in [1.165, 1.54) is 18.4 Å². The average molecular weight is 341 g/mol. The average Bonchev–Trinajstić information content (AvgIpc) is 3.07. The quantitative estimate of drug-likeness (QED) is 0.719. The summed E-state index contributed by atoms with van der Waals surface area (Å²) < 4.78 is 10.2. The van der Waals surface area contributed by atoms with Crippen LogP contribution >= 0.6 is 11.3 Å². The van der Waals surface area contributed by atoms with Crippen LogP contribution in [0.5, 0.6) is 5.75 Å². The molecule has 0 aliphatic rings. The molecule has 0 radical (unpaired) electrons. The summed E-state index contributed by atoms with van der Waals surface area (Å²) in [4.78, 5) is 23.6. The molecule has 1 aromatic heterocycles. The first-order valence-electron chi connectivity index (χ1n) is 7.24. The highest BCUT2D eigenvalue weighted by Crippen LogP contribution is 2.24. The van der Waals surface area contributed by atoms with Crippen molar-refractivity contribution in [3.8, 4) is 5.75 Å². The Morgan fingerprint density at radius 1 is 1.08 bits per heavy atom. The van der Waals surface area contributed by atoms with E-state index in [0.717, 1.165) is 10.8 Å². The van der Waals surface area contributed by atoms with Crippen LogP contribution in [0, 0.1) is 0 Å². The second kappa shape index (κ2) is 7.14. The number of carbonyl (C=O) groups is 2. The minimum atomic E-state index is -0.484. The molecule has 24 heavy (non-hydrogen) atoms.